The lowest BCUT2D eigenvalue weighted by Crippen LogP contribution is -2.48. The van der Waals surface area contributed by atoms with Gasteiger partial charge in [-0.25, -0.2) is 29.2 Å². The first-order chi connectivity index (χ1) is 21.6. The number of isocyanates is 2. The first kappa shape index (κ1) is 40.9. The van der Waals surface area contributed by atoms with Crippen molar-refractivity contribution < 1.29 is 23.3 Å². The maximum Gasteiger partial charge on any atom is 0.314 e. The quantitative estimate of drug-likeness (QED) is 0.0620. The molecular weight excluding hydrogens is 629 g/mol. The highest BCUT2D eigenvalue weighted by Gasteiger charge is 2.42. The van der Waals surface area contributed by atoms with Crippen LogP contribution in [0.25, 0.3) is 0 Å². The van der Waals surface area contributed by atoms with Gasteiger partial charge in [0.15, 0.2) is 16.6 Å². The molecule has 0 aliphatic heterocycles. The van der Waals surface area contributed by atoms with Crippen molar-refractivity contribution in [1.29, 1.82) is 0 Å². The highest BCUT2D eigenvalue weighted by atomic mass is 28.4. The fourth-order valence-electron chi connectivity index (χ4n) is 8.75. The zero-order valence-corrected chi connectivity index (χ0v) is 33.0. The molecular formula is C34H64N6O5Si2. The normalized spacial score (nSPS) is 27.0. The minimum Gasteiger partial charge on any atom is -0.455 e. The summed E-state index contributed by atoms with van der Waals surface area (Å²) in [5, 5.41) is 12.1. The Bertz CT molecular complexity index is 1080. The van der Waals surface area contributed by atoms with E-state index in [9.17, 15) is 19.2 Å². The molecule has 2 fully saturated rings. The molecule has 2 aliphatic rings. The molecule has 2 rings (SSSR count). The molecule has 0 aromatic carbocycles. The van der Waals surface area contributed by atoms with E-state index in [1.54, 1.807) is 12.2 Å². The van der Waals surface area contributed by atoms with Crippen molar-refractivity contribution >= 4 is 40.9 Å². The SMILES string of the molecule is CC1(C)CC(N=C=O)CC(C)(CNC(=O)NCCC[Si](C)(C)O[Si](C)(C)CCCNC(=O)NCC2(C)CC(N=C=O)CC(C)(C)C2)C1. The zero-order chi connectivity index (χ0) is 35.6. The predicted octanol–water partition coefficient (Wildman–Crippen LogP) is 6.63. The van der Waals surface area contributed by atoms with Gasteiger partial charge >= 0.3 is 12.1 Å². The van der Waals surface area contributed by atoms with E-state index in [0.717, 1.165) is 63.5 Å². The average molecular weight is 693 g/mol. The average Bonchev–Trinajstić information content (AvgIpc) is 2.89. The van der Waals surface area contributed by atoms with E-state index in [1.807, 2.05) is 0 Å². The molecule has 13 heteroatoms. The number of nitrogens with one attached hydrogen (secondary N) is 4. The maximum atomic E-state index is 12.6. The summed E-state index contributed by atoms with van der Waals surface area (Å²) < 4.78 is 6.77. The van der Waals surface area contributed by atoms with Gasteiger partial charge in [-0.2, -0.15) is 0 Å². The Labute approximate surface area is 286 Å². The second kappa shape index (κ2) is 16.9. The van der Waals surface area contributed by atoms with Crippen LogP contribution < -0.4 is 21.3 Å². The fourth-order valence-corrected chi connectivity index (χ4v) is 17.6. The van der Waals surface area contributed by atoms with Crippen LogP contribution in [0.5, 0.6) is 0 Å². The summed E-state index contributed by atoms with van der Waals surface area (Å²) in [6, 6.07) is 1.49. The lowest BCUT2D eigenvalue weighted by molar-refractivity contribution is 0.0848. The lowest BCUT2D eigenvalue weighted by Gasteiger charge is -2.45. The maximum absolute atomic E-state index is 12.6. The largest absolute Gasteiger partial charge is 0.455 e. The van der Waals surface area contributed by atoms with Gasteiger partial charge in [0.1, 0.15) is 0 Å². The molecule has 0 saturated heterocycles. The van der Waals surface area contributed by atoms with Crippen molar-refractivity contribution in [3.63, 3.8) is 0 Å². The van der Waals surface area contributed by atoms with Gasteiger partial charge in [0.05, 0.1) is 12.1 Å². The van der Waals surface area contributed by atoms with E-state index < -0.39 is 16.6 Å². The summed E-state index contributed by atoms with van der Waals surface area (Å²) in [6.07, 6.45) is 10.3. The topological polar surface area (TPSA) is 150 Å². The van der Waals surface area contributed by atoms with Gasteiger partial charge in [-0.1, -0.05) is 41.5 Å². The number of carbonyl (C=O) groups excluding carboxylic acids is 4. The highest BCUT2D eigenvalue weighted by molar-refractivity contribution is 6.84. The second-order valence-electron chi connectivity index (χ2n) is 17.9. The Kier molecular flexibility index (Phi) is 14.7. The Balaban J connectivity index is 1.66. The summed E-state index contributed by atoms with van der Waals surface area (Å²) in [6.45, 7) is 24.3. The molecule has 4 N–H and O–H groups in total. The Morgan fingerprint density at radius 1 is 0.660 bits per heavy atom. The monoisotopic (exact) mass is 692 g/mol. The van der Waals surface area contributed by atoms with Gasteiger partial charge < -0.3 is 25.4 Å². The molecule has 2 saturated carbocycles. The third-order valence-electron chi connectivity index (χ3n) is 9.70. The summed E-state index contributed by atoms with van der Waals surface area (Å²) in [5.74, 6) is 0. The Hall–Kier alpha value is -2.31. The van der Waals surface area contributed by atoms with Gasteiger partial charge in [-0.15, -0.1) is 0 Å². The molecule has 0 radical (unpaired) electrons. The van der Waals surface area contributed by atoms with E-state index in [4.69, 9.17) is 4.12 Å². The summed E-state index contributed by atoms with van der Waals surface area (Å²) >= 11 is 0. The lowest BCUT2D eigenvalue weighted by atomic mass is 9.62. The van der Waals surface area contributed by atoms with Crippen LogP contribution in [0.1, 0.15) is 92.9 Å². The number of aliphatic imine (C=N–C) groups is 2. The summed E-state index contributed by atoms with van der Waals surface area (Å²) in [7, 11) is -3.86. The van der Waals surface area contributed by atoms with Gasteiger partial charge in [-0.3, -0.25) is 0 Å². The molecule has 0 bridgehead atoms. The van der Waals surface area contributed by atoms with Crippen LogP contribution >= 0.6 is 0 Å². The third kappa shape index (κ3) is 15.6. The van der Waals surface area contributed by atoms with Crippen molar-refractivity contribution in [1.82, 2.24) is 21.3 Å². The van der Waals surface area contributed by atoms with Crippen molar-refractivity contribution in [3.05, 3.63) is 0 Å². The van der Waals surface area contributed by atoms with Crippen LogP contribution in [-0.4, -0.2) is 79.1 Å². The fraction of sp³-hybridized carbons (Fsp3) is 0.882. The molecule has 4 amide bonds. The third-order valence-corrected chi connectivity index (χ3v) is 17.2. The standard InChI is InChI=1S/C34H64N6O5Si2/c1-31(2)17-27(39-25-41)19-33(5,21-31)23-37-29(43)35-13-11-15-46(7,8)45-47(9,10)16-12-14-36-30(44)38-24-34(6)20-28(40-26-42)18-32(3,4)22-34/h27-28H,11-24H2,1-10H3,(H2,35,37,43)(H2,36,38,44). The molecule has 4 unspecified atom stereocenters. The Morgan fingerprint density at radius 2 is 1.02 bits per heavy atom. The summed E-state index contributed by atoms with van der Waals surface area (Å²) in [5.41, 5.74) is -0.128. The van der Waals surface area contributed by atoms with Crippen molar-refractivity contribution in [2.24, 2.45) is 31.6 Å². The van der Waals surface area contributed by atoms with Crippen LogP contribution in [0, 0.1) is 21.7 Å². The van der Waals surface area contributed by atoms with E-state index in [0.29, 0.717) is 26.2 Å². The van der Waals surface area contributed by atoms with Crippen LogP contribution in [0.4, 0.5) is 9.59 Å². The number of urea groups is 2. The first-order valence-electron chi connectivity index (χ1n) is 17.5. The molecule has 268 valence electrons. The number of hydrogen-bond donors (Lipinski definition) is 4. The molecule has 0 aromatic heterocycles. The second-order valence-corrected chi connectivity index (χ2v) is 26.8. The first-order valence-corrected chi connectivity index (χ1v) is 23.7. The van der Waals surface area contributed by atoms with Gasteiger partial charge in [0.25, 0.3) is 0 Å². The van der Waals surface area contributed by atoms with Crippen molar-refractivity contribution in [2.45, 2.75) is 143 Å². The van der Waals surface area contributed by atoms with Gasteiger partial charge in [0.2, 0.25) is 12.2 Å². The van der Waals surface area contributed by atoms with Crippen LogP contribution in [-0.2, 0) is 13.7 Å². The number of rotatable bonds is 16. The van der Waals surface area contributed by atoms with Gasteiger partial charge in [0, 0.05) is 26.2 Å². The smallest absolute Gasteiger partial charge is 0.314 e. The van der Waals surface area contributed by atoms with E-state index in [1.165, 1.54) is 0 Å². The van der Waals surface area contributed by atoms with E-state index >= 15 is 0 Å². The number of nitrogens with zero attached hydrogens (tertiary/aromatic N) is 2. The number of amides is 4. The van der Waals surface area contributed by atoms with Crippen LogP contribution in [0.3, 0.4) is 0 Å². The molecule has 47 heavy (non-hydrogen) atoms. The van der Waals surface area contributed by atoms with E-state index in [2.05, 4.69) is 99.0 Å². The molecule has 0 spiro atoms. The van der Waals surface area contributed by atoms with Crippen molar-refractivity contribution in [2.75, 3.05) is 26.2 Å². The molecule has 11 nitrogen and oxygen atoms in total. The highest BCUT2D eigenvalue weighted by Crippen LogP contribution is 2.47. The number of hydrogen-bond acceptors (Lipinski definition) is 7. The van der Waals surface area contributed by atoms with Crippen LogP contribution in [0.15, 0.2) is 9.98 Å². The molecule has 2 aliphatic carbocycles. The van der Waals surface area contributed by atoms with E-state index in [-0.39, 0.29) is 45.8 Å². The zero-order valence-electron chi connectivity index (χ0n) is 31.0. The number of carbonyl (C=O) groups is 2. The molecule has 0 heterocycles. The predicted molar refractivity (Wildman–Crippen MR) is 193 cm³/mol. The Morgan fingerprint density at radius 3 is 1.36 bits per heavy atom. The minimum atomic E-state index is -1.93. The molecule has 0 aromatic rings. The van der Waals surface area contributed by atoms with Crippen molar-refractivity contribution in [3.8, 4) is 0 Å². The summed E-state index contributed by atoms with van der Waals surface area (Å²) in [4.78, 5) is 54.8. The van der Waals surface area contributed by atoms with Crippen LogP contribution in [0.2, 0.25) is 38.3 Å². The van der Waals surface area contributed by atoms with Gasteiger partial charge in [-0.05, 0) is 111 Å². The molecule has 4 atom stereocenters. The minimum absolute atomic E-state index is 0.0457.